The molecule has 0 aromatic carbocycles. The van der Waals surface area contributed by atoms with Crippen molar-refractivity contribution >= 4 is 23.8 Å². The van der Waals surface area contributed by atoms with E-state index in [9.17, 15) is 24.3 Å². The van der Waals surface area contributed by atoms with Crippen LogP contribution in [0.4, 0.5) is 0 Å². The zero-order valence-corrected chi connectivity index (χ0v) is 45.1. The number of rotatable bonds is 46. The molecular weight excluding hydrogens is 851 g/mol. The van der Waals surface area contributed by atoms with Crippen LogP contribution in [-0.4, -0.2) is 108 Å². The lowest BCUT2D eigenvalue weighted by Gasteiger charge is -2.28. The third kappa shape index (κ3) is 28.0. The van der Waals surface area contributed by atoms with Crippen LogP contribution in [0.3, 0.4) is 0 Å². The molecule has 0 saturated carbocycles. The fraction of sp³-hybridized carbons (Fsp3) is 0.931. The first kappa shape index (κ1) is 61.9. The molecule has 2 amide bonds. The van der Waals surface area contributed by atoms with E-state index >= 15 is 0 Å². The predicted octanol–water partition coefficient (Wildman–Crippen LogP) is 13.9. The van der Waals surface area contributed by atoms with E-state index in [0.717, 1.165) is 148 Å². The third-order valence-corrected chi connectivity index (χ3v) is 15.0. The number of carbonyl (C=O) groups excluding carboxylic acids is 4. The van der Waals surface area contributed by atoms with Crippen molar-refractivity contribution in [1.29, 1.82) is 0 Å². The number of aliphatic hydroxyl groups is 1. The molecule has 2 saturated heterocycles. The minimum Gasteiger partial charge on any atom is -0.464 e. The van der Waals surface area contributed by atoms with Crippen LogP contribution in [0.5, 0.6) is 0 Å². The van der Waals surface area contributed by atoms with Gasteiger partial charge in [0.1, 0.15) is 12.1 Å². The molecule has 0 aromatic rings. The Morgan fingerprint density at radius 2 is 0.750 bits per heavy atom. The number of hydrogen-bond acceptors (Lipinski definition) is 8. The molecule has 2 heterocycles. The van der Waals surface area contributed by atoms with Gasteiger partial charge in [0.2, 0.25) is 11.8 Å². The lowest BCUT2D eigenvalue weighted by molar-refractivity contribution is -0.155. The molecule has 2 unspecified atom stereocenters. The van der Waals surface area contributed by atoms with Gasteiger partial charge in [0.25, 0.3) is 0 Å². The minimum atomic E-state index is -0.422. The standard InChI is InChI=1S/C58H109N3O7/c1-5-9-13-17-19-27-39-51(37-25-15-11-7-3)55(63)60-46-35-41-53(60)57(65)67-49-33-23-21-29-43-59(45-31-32-48-62)44-30-22-24-34-50-68-58(66)54-42-36-47-61(54)56(64)52(38-26-16-12-8-4)40-28-20-18-14-10-6-2/h51-54,62H,5-50H2,1-4H3/t51?,52?,53-,54-/m0/s1. The molecule has 0 bridgehead atoms. The molecule has 1 N–H and O–H groups in total. The highest BCUT2D eigenvalue weighted by molar-refractivity contribution is 5.87. The second-order valence-corrected chi connectivity index (χ2v) is 21.0. The summed E-state index contributed by atoms with van der Waals surface area (Å²) in [5.74, 6) is 0.0139. The largest absolute Gasteiger partial charge is 0.464 e. The highest BCUT2D eigenvalue weighted by Crippen LogP contribution is 2.29. The zero-order valence-electron chi connectivity index (χ0n) is 45.1. The van der Waals surface area contributed by atoms with Gasteiger partial charge in [-0.3, -0.25) is 9.59 Å². The van der Waals surface area contributed by atoms with Crippen molar-refractivity contribution < 1.29 is 33.8 Å². The van der Waals surface area contributed by atoms with Gasteiger partial charge in [-0.1, -0.05) is 182 Å². The van der Waals surface area contributed by atoms with Gasteiger partial charge in [0, 0.05) is 31.5 Å². The van der Waals surface area contributed by atoms with Crippen LogP contribution in [-0.2, 0) is 28.7 Å². The second-order valence-electron chi connectivity index (χ2n) is 21.0. The van der Waals surface area contributed by atoms with Gasteiger partial charge in [0.15, 0.2) is 0 Å². The lowest BCUT2D eigenvalue weighted by atomic mass is 9.92. The van der Waals surface area contributed by atoms with Gasteiger partial charge < -0.3 is 29.3 Å². The molecule has 2 aliphatic rings. The number of aliphatic hydroxyl groups excluding tert-OH is 1. The van der Waals surface area contributed by atoms with Gasteiger partial charge in [-0.15, -0.1) is 0 Å². The lowest BCUT2D eigenvalue weighted by Crippen LogP contribution is -2.44. The summed E-state index contributed by atoms with van der Waals surface area (Å²) in [5, 5.41) is 9.41. The van der Waals surface area contributed by atoms with Crippen LogP contribution < -0.4 is 0 Å². The van der Waals surface area contributed by atoms with E-state index < -0.39 is 12.1 Å². The molecule has 4 atom stereocenters. The number of likely N-dealkylation sites (tertiary alicyclic amines) is 2. The van der Waals surface area contributed by atoms with E-state index in [0.29, 0.717) is 39.1 Å². The number of unbranched alkanes of at least 4 members (excludes halogenated alkanes) is 23. The predicted molar refractivity (Wildman–Crippen MR) is 282 cm³/mol. The Hall–Kier alpha value is -2.20. The van der Waals surface area contributed by atoms with E-state index in [4.69, 9.17) is 9.47 Å². The Morgan fingerprint density at radius 3 is 1.12 bits per heavy atom. The maximum atomic E-state index is 13.9. The van der Waals surface area contributed by atoms with E-state index in [2.05, 4.69) is 32.6 Å². The summed E-state index contributed by atoms with van der Waals surface area (Å²) in [4.78, 5) is 60.6. The van der Waals surface area contributed by atoms with Crippen molar-refractivity contribution in [3.8, 4) is 0 Å². The summed E-state index contributed by atoms with van der Waals surface area (Å²) in [6, 6.07) is -0.843. The molecule has 398 valence electrons. The average Bonchev–Trinajstić information content (AvgIpc) is 4.05. The quantitative estimate of drug-likeness (QED) is 0.0474. The smallest absolute Gasteiger partial charge is 0.328 e. The monoisotopic (exact) mass is 960 g/mol. The summed E-state index contributed by atoms with van der Waals surface area (Å²) in [6.45, 7) is 14.4. The summed E-state index contributed by atoms with van der Waals surface area (Å²) < 4.78 is 11.6. The van der Waals surface area contributed by atoms with Gasteiger partial charge in [0.05, 0.1) is 13.2 Å². The summed E-state index contributed by atoms with van der Waals surface area (Å²) in [5.41, 5.74) is 0. The molecule has 0 spiro atoms. The fourth-order valence-electron chi connectivity index (χ4n) is 10.7. The number of amides is 2. The van der Waals surface area contributed by atoms with Crippen molar-refractivity contribution in [2.75, 3.05) is 52.5 Å². The van der Waals surface area contributed by atoms with Crippen LogP contribution in [0, 0.1) is 11.8 Å². The van der Waals surface area contributed by atoms with Crippen LogP contribution >= 0.6 is 0 Å². The van der Waals surface area contributed by atoms with E-state index in [1.165, 1.54) is 103 Å². The normalized spacial score (nSPS) is 17.0. The first-order chi connectivity index (χ1) is 33.3. The first-order valence-electron chi connectivity index (χ1n) is 29.6. The fourth-order valence-corrected chi connectivity index (χ4v) is 10.7. The number of hydrogen-bond donors (Lipinski definition) is 1. The van der Waals surface area contributed by atoms with Crippen molar-refractivity contribution in [3.05, 3.63) is 0 Å². The average molecular weight is 961 g/mol. The van der Waals surface area contributed by atoms with Crippen LogP contribution in [0.15, 0.2) is 0 Å². The van der Waals surface area contributed by atoms with Crippen LogP contribution in [0.1, 0.15) is 272 Å². The molecule has 0 radical (unpaired) electrons. The SMILES string of the molecule is CCCCCCCCC(CCCCCC)C(=O)N1CCC[C@H]1C(=O)OCCCCCCN(CCCCO)CCCCCCOC(=O)[C@@H]1CCCN1C(=O)C(CCCCCC)CCCCCCCC. The number of nitrogens with zero attached hydrogens (tertiary/aromatic N) is 3. The molecular formula is C58H109N3O7. The maximum absolute atomic E-state index is 13.9. The Balaban J connectivity index is 1.69. The Kier molecular flexibility index (Phi) is 38.7. The van der Waals surface area contributed by atoms with E-state index in [1.807, 2.05) is 9.80 Å². The summed E-state index contributed by atoms with van der Waals surface area (Å²) in [7, 11) is 0. The van der Waals surface area contributed by atoms with Gasteiger partial charge in [-0.05, 0) is 110 Å². The molecule has 10 nitrogen and oxygen atoms in total. The van der Waals surface area contributed by atoms with Crippen molar-refractivity contribution in [2.45, 2.75) is 284 Å². The molecule has 10 heteroatoms. The number of carbonyl (C=O) groups is 4. The van der Waals surface area contributed by atoms with Crippen molar-refractivity contribution in [1.82, 2.24) is 14.7 Å². The highest BCUT2D eigenvalue weighted by atomic mass is 16.5. The van der Waals surface area contributed by atoms with Crippen molar-refractivity contribution in [3.63, 3.8) is 0 Å². The summed E-state index contributed by atoms with van der Waals surface area (Å²) in [6.07, 6.45) is 40.8. The molecule has 0 aromatic heterocycles. The van der Waals surface area contributed by atoms with Crippen molar-refractivity contribution in [2.24, 2.45) is 11.8 Å². The number of esters is 2. The third-order valence-electron chi connectivity index (χ3n) is 15.0. The topological polar surface area (TPSA) is 117 Å². The van der Waals surface area contributed by atoms with Gasteiger partial charge >= 0.3 is 11.9 Å². The van der Waals surface area contributed by atoms with E-state index in [1.54, 1.807) is 0 Å². The van der Waals surface area contributed by atoms with Crippen LogP contribution in [0.2, 0.25) is 0 Å². The Morgan fingerprint density at radius 1 is 0.441 bits per heavy atom. The maximum Gasteiger partial charge on any atom is 0.328 e. The molecule has 2 aliphatic heterocycles. The van der Waals surface area contributed by atoms with Gasteiger partial charge in [-0.25, -0.2) is 9.59 Å². The first-order valence-corrected chi connectivity index (χ1v) is 29.6. The minimum absolute atomic E-state index is 0.0293. The molecule has 0 aliphatic carbocycles. The zero-order chi connectivity index (χ0) is 49.3. The van der Waals surface area contributed by atoms with Gasteiger partial charge in [-0.2, -0.15) is 0 Å². The Bertz CT molecular complexity index is 1160. The van der Waals surface area contributed by atoms with E-state index in [-0.39, 0.29) is 42.2 Å². The molecule has 2 fully saturated rings. The summed E-state index contributed by atoms with van der Waals surface area (Å²) >= 11 is 0. The Labute approximate surface area is 418 Å². The number of ether oxygens (including phenoxy) is 2. The molecule has 68 heavy (non-hydrogen) atoms. The highest BCUT2D eigenvalue weighted by Gasteiger charge is 2.39. The van der Waals surface area contributed by atoms with Crippen LogP contribution in [0.25, 0.3) is 0 Å². The molecule has 2 rings (SSSR count). The second kappa shape index (κ2) is 42.5.